The van der Waals surface area contributed by atoms with Crippen LogP contribution >= 0.6 is 0 Å². The van der Waals surface area contributed by atoms with Crippen LogP contribution in [0.5, 0.6) is 0 Å². The van der Waals surface area contributed by atoms with Crippen LogP contribution in [0.2, 0.25) is 0 Å². The van der Waals surface area contributed by atoms with E-state index in [0.717, 1.165) is 6.54 Å². The van der Waals surface area contributed by atoms with Gasteiger partial charge in [-0.1, -0.05) is 0 Å². The number of rotatable bonds is 1. The molecule has 2 atom stereocenters. The summed E-state index contributed by atoms with van der Waals surface area (Å²) in [5, 5.41) is 0. The van der Waals surface area contributed by atoms with Gasteiger partial charge in [0.15, 0.2) is 0 Å². The van der Waals surface area contributed by atoms with Gasteiger partial charge in [0.1, 0.15) is 4.75 Å². The fourth-order valence-electron chi connectivity index (χ4n) is 1.51. The Hall–Kier alpha value is 0.270. The molecule has 0 aromatic rings. The average molecular weight is 189 g/mol. The highest BCUT2D eigenvalue weighted by Crippen LogP contribution is 2.27. The van der Waals surface area contributed by atoms with Crippen molar-refractivity contribution >= 4 is 11.4 Å². The van der Waals surface area contributed by atoms with Crippen molar-refractivity contribution in [1.29, 1.82) is 0 Å². The summed E-state index contributed by atoms with van der Waals surface area (Å²) >= 11 is -0.809. The van der Waals surface area contributed by atoms with Gasteiger partial charge in [-0.3, -0.25) is 0 Å². The van der Waals surface area contributed by atoms with E-state index in [9.17, 15) is 4.55 Å². The molecular formula is C9H19NOS. The third kappa shape index (κ3) is 2.15. The Labute approximate surface area is 78.6 Å². The quantitative estimate of drug-likeness (QED) is 0.589. The topological polar surface area (TPSA) is 26.3 Å². The van der Waals surface area contributed by atoms with E-state index in [1.807, 2.05) is 20.8 Å². The Kier molecular flexibility index (Phi) is 3.07. The highest BCUT2D eigenvalue weighted by molar-refractivity contribution is 7.90. The summed E-state index contributed by atoms with van der Waals surface area (Å²) in [4.78, 5) is 0. The lowest BCUT2D eigenvalue weighted by molar-refractivity contribution is 0.391. The van der Waals surface area contributed by atoms with E-state index >= 15 is 0 Å². The van der Waals surface area contributed by atoms with Crippen molar-refractivity contribution in [3.05, 3.63) is 0 Å². The minimum atomic E-state index is -0.809. The van der Waals surface area contributed by atoms with E-state index in [1.54, 1.807) is 0 Å². The van der Waals surface area contributed by atoms with Gasteiger partial charge in [-0.25, -0.2) is 0 Å². The molecule has 1 saturated heterocycles. The number of nitrogens with zero attached hydrogens (tertiary/aromatic N) is 1. The van der Waals surface area contributed by atoms with Gasteiger partial charge in [0.2, 0.25) is 0 Å². The zero-order valence-corrected chi connectivity index (χ0v) is 9.28. The first kappa shape index (κ1) is 10.4. The third-order valence-corrected chi connectivity index (χ3v) is 4.25. The third-order valence-electron chi connectivity index (χ3n) is 2.23. The van der Waals surface area contributed by atoms with Crippen LogP contribution < -0.4 is 0 Å². The molecule has 0 aromatic heterocycles. The van der Waals surface area contributed by atoms with Crippen molar-refractivity contribution in [1.82, 2.24) is 4.31 Å². The molecule has 12 heavy (non-hydrogen) atoms. The molecule has 0 spiro atoms. The van der Waals surface area contributed by atoms with Crippen LogP contribution in [0.1, 0.15) is 40.5 Å². The Balaban J connectivity index is 2.57. The molecule has 0 saturated carbocycles. The van der Waals surface area contributed by atoms with Crippen LogP contribution in [-0.4, -0.2) is 26.2 Å². The Morgan fingerprint density at radius 2 is 2.00 bits per heavy atom. The molecule has 1 rings (SSSR count). The van der Waals surface area contributed by atoms with Crippen molar-refractivity contribution in [3.63, 3.8) is 0 Å². The van der Waals surface area contributed by atoms with E-state index in [-0.39, 0.29) is 4.75 Å². The first-order valence-corrected chi connectivity index (χ1v) is 5.72. The minimum Gasteiger partial charge on any atom is -0.597 e. The van der Waals surface area contributed by atoms with Gasteiger partial charge in [-0.2, -0.15) is 0 Å². The largest absolute Gasteiger partial charge is 0.597 e. The summed E-state index contributed by atoms with van der Waals surface area (Å²) in [5.41, 5.74) is 0. The van der Waals surface area contributed by atoms with Crippen molar-refractivity contribution in [2.75, 3.05) is 6.54 Å². The molecule has 1 fully saturated rings. The number of hydrogen-bond donors (Lipinski definition) is 0. The van der Waals surface area contributed by atoms with E-state index in [1.165, 1.54) is 12.8 Å². The van der Waals surface area contributed by atoms with Gasteiger partial charge in [0.25, 0.3) is 0 Å². The molecule has 0 radical (unpaired) electrons. The summed E-state index contributed by atoms with van der Waals surface area (Å²) < 4.78 is 13.9. The van der Waals surface area contributed by atoms with Crippen LogP contribution in [0.4, 0.5) is 0 Å². The van der Waals surface area contributed by atoms with E-state index < -0.39 is 11.4 Å². The average Bonchev–Trinajstić information content (AvgIpc) is 2.31. The second kappa shape index (κ2) is 3.56. The van der Waals surface area contributed by atoms with Crippen molar-refractivity contribution in [3.8, 4) is 0 Å². The lowest BCUT2D eigenvalue weighted by Gasteiger charge is -2.32. The van der Waals surface area contributed by atoms with Gasteiger partial charge >= 0.3 is 0 Å². The van der Waals surface area contributed by atoms with Gasteiger partial charge in [0, 0.05) is 17.9 Å². The van der Waals surface area contributed by atoms with Crippen molar-refractivity contribution in [2.24, 2.45) is 0 Å². The molecule has 1 unspecified atom stereocenters. The fourth-order valence-corrected chi connectivity index (χ4v) is 2.94. The van der Waals surface area contributed by atoms with Crippen LogP contribution in [-0.2, 0) is 11.4 Å². The molecule has 0 amide bonds. The molecule has 2 nitrogen and oxygen atoms in total. The Morgan fingerprint density at radius 1 is 1.42 bits per heavy atom. The van der Waals surface area contributed by atoms with Crippen LogP contribution in [0.3, 0.4) is 0 Å². The van der Waals surface area contributed by atoms with E-state index in [4.69, 9.17) is 0 Å². The lowest BCUT2D eigenvalue weighted by atomic mass is 10.3. The first-order valence-electron chi connectivity index (χ1n) is 4.61. The summed E-state index contributed by atoms with van der Waals surface area (Å²) in [7, 11) is 0. The van der Waals surface area contributed by atoms with Crippen molar-refractivity contribution < 1.29 is 4.55 Å². The molecule has 3 heteroatoms. The molecule has 0 aliphatic carbocycles. The van der Waals surface area contributed by atoms with Gasteiger partial charge in [-0.05, 0) is 40.5 Å². The fraction of sp³-hybridized carbons (Fsp3) is 1.00. The maximum Gasteiger partial charge on any atom is 0.137 e. The maximum absolute atomic E-state index is 11.9. The molecular weight excluding hydrogens is 170 g/mol. The minimum absolute atomic E-state index is 0.0986. The smallest absolute Gasteiger partial charge is 0.137 e. The van der Waals surface area contributed by atoms with Crippen LogP contribution in [0.15, 0.2) is 0 Å². The van der Waals surface area contributed by atoms with E-state index in [0.29, 0.717) is 6.04 Å². The summed E-state index contributed by atoms with van der Waals surface area (Å²) in [6.45, 7) is 9.28. The molecule has 0 bridgehead atoms. The molecule has 72 valence electrons. The zero-order valence-electron chi connectivity index (χ0n) is 8.46. The van der Waals surface area contributed by atoms with Gasteiger partial charge in [-0.15, -0.1) is 4.31 Å². The normalized spacial score (nSPS) is 29.2. The van der Waals surface area contributed by atoms with Gasteiger partial charge in [0.05, 0.1) is 6.04 Å². The molecule has 0 aromatic carbocycles. The molecule has 1 heterocycles. The molecule has 0 N–H and O–H groups in total. The second-order valence-corrected chi connectivity index (χ2v) is 6.69. The predicted octanol–water partition coefficient (Wildman–Crippen LogP) is 1.93. The number of hydrogen-bond acceptors (Lipinski definition) is 2. The summed E-state index contributed by atoms with van der Waals surface area (Å²) in [6.07, 6.45) is 2.39. The first-order chi connectivity index (χ1) is 5.43. The summed E-state index contributed by atoms with van der Waals surface area (Å²) in [6, 6.07) is 0.505. The van der Waals surface area contributed by atoms with Crippen molar-refractivity contribution in [2.45, 2.75) is 51.3 Å². The van der Waals surface area contributed by atoms with Crippen LogP contribution in [0, 0.1) is 0 Å². The standard InChI is InChI=1S/C9H19NOS/c1-8-6-5-7-10(8)12(11)9(2,3)4/h8H,5-7H2,1-4H3/t8?,12-/m0/s1. The Bertz CT molecular complexity index is 155. The maximum atomic E-state index is 11.9. The zero-order chi connectivity index (χ0) is 9.35. The SMILES string of the molecule is CC1CCCN1[S@@+]([O-])C(C)(C)C. The Morgan fingerprint density at radius 3 is 2.33 bits per heavy atom. The van der Waals surface area contributed by atoms with Crippen LogP contribution in [0.25, 0.3) is 0 Å². The lowest BCUT2D eigenvalue weighted by Crippen LogP contribution is -2.44. The van der Waals surface area contributed by atoms with E-state index in [2.05, 4.69) is 11.2 Å². The monoisotopic (exact) mass is 189 g/mol. The molecule has 1 aliphatic rings. The second-order valence-electron chi connectivity index (χ2n) is 4.49. The van der Waals surface area contributed by atoms with Gasteiger partial charge < -0.3 is 4.55 Å². The summed E-state index contributed by atoms with van der Waals surface area (Å²) in [5.74, 6) is 0. The highest BCUT2D eigenvalue weighted by atomic mass is 32.2. The predicted molar refractivity (Wildman–Crippen MR) is 53.3 cm³/mol. The molecule has 1 aliphatic heterocycles. The highest BCUT2D eigenvalue weighted by Gasteiger charge is 2.38.